The van der Waals surface area contributed by atoms with Crippen LogP contribution in [0.15, 0.2) is 47.2 Å². The third-order valence-electron chi connectivity index (χ3n) is 9.63. The average molecular weight is 636 g/mol. The highest BCUT2D eigenvalue weighted by Gasteiger charge is 2.64. The van der Waals surface area contributed by atoms with Gasteiger partial charge < -0.3 is 36.2 Å². The number of aromatic hydroxyl groups is 1. The highest BCUT2D eigenvalue weighted by molar-refractivity contribution is 6.24. The Balaban J connectivity index is 1.52. The molecule has 242 valence electrons. The van der Waals surface area contributed by atoms with E-state index >= 15 is 0 Å². The Bertz CT molecular complexity index is 1740. The topological polar surface area (TPSA) is 200 Å². The standard InChI is InChI=1S/C33H34FN3O9/c1-37(2)25-20-12-15-10-19-18(14-5-7-17(34)8-6-14)11-16(13-36-32(44)21-4-3-9-46-21)26(38)23(19)27(39)22(15)29(41)33(20,45)30(42)24(28(25)40)31(35)43/h5-8,11,15,20-21,25,38-39,42,45H,3-4,9-10,12-13H2,1-2H3,(H2,35,43)(H,36,44). The Morgan fingerprint density at radius 2 is 1.85 bits per heavy atom. The molecule has 0 aromatic heterocycles. The van der Waals surface area contributed by atoms with Gasteiger partial charge in [0.1, 0.15) is 34.8 Å². The fraction of sp³-hybridized carbons (Fsp3) is 0.394. The number of benzene rings is 2. The van der Waals surface area contributed by atoms with Crippen LogP contribution in [0, 0.1) is 17.7 Å². The van der Waals surface area contributed by atoms with E-state index in [1.807, 2.05) is 0 Å². The van der Waals surface area contributed by atoms with Crippen molar-refractivity contribution in [2.24, 2.45) is 17.6 Å². The summed E-state index contributed by atoms with van der Waals surface area (Å²) in [6.07, 6.45) is 0.616. The van der Waals surface area contributed by atoms with Crippen LogP contribution in [0.3, 0.4) is 0 Å². The number of hydrogen-bond acceptors (Lipinski definition) is 10. The number of carbonyl (C=O) groups excluding carboxylic acids is 4. The molecule has 2 aromatic carbocycles. The van der Waals surface area contributed by atoms with Gasteiger partial charge in [-0.2, -0.15) is 0 Å². The minimum atomic E-state index is -2.77. The van der Waals surface area contributed by atoms with Crippen LogP contribution in [0.1, 0.15) is 36.0 Å². The number of hydrogen-bond donors (Lipinski definition) is 6. The molecule has 1 aliphatic heterocycles. The molecule has 0 bridgehead atoms. The van der Waals surface area contributed by atoms with Crippen molar-refractivity contribution in [1.29, 1.82) is 0 Å². The smallest absolute Gasteiger partial charge is 0.255 e. The number of fused-ring (bicyclic) bond motifs is 3. The van der Waals surface area contributed by atoms with Crippen molar-refractivity contribution in [3.05, 3.63) is 69.7 Å². The van der Waals surface area contributed by atoms with E-state index in [4.69, 9.17) is 10.5 Å². The van der Waals surface area contributed by atoms with Crippen LogP contribution in [0.2, 0.25) is 0 Å². The van der Waals surface area contributed by atoms with Crippen LogP contribution in [0.25, 0.3) is 16.9 Å². The van der Waals surface area contributed by atoms with Crippen molar-refractivity contribution in [1.82, 2.24) is 10.2 Å². The van der Waals surface area contributed by atoms with Crippen molar-refractivity contribution >= 4 is 29.1 Å². The van der Waals surface area contributed by atoms with Crippen molar-refractivity contribution in [3.8, 4) is 16.9 Å². The van der Waals surface area contributed by atoms with Gasteiger partial charge in [0, 0.05) is 30.2 Å². The lowest BCUT2D eigenvalue weighted by atomic mass is 9.57. The normalized spacial score (nSPS) is 27.4. The van der Waals surface area contributed by atoms with E-state index in [9.17, 15) is 44.0 Å². The Hall–Kier alpha value is -4.59. The van der Waals surface area contributed by atoms with Crippen LogP contribution in [-0.2, 0) is 36.9 Å². The van der Waals surface area contributed by atoms with E-state index in [0.29, 0.717) is 29.7 Å². The van der Waals surface area contributed by atoms with Crippen molar-refractivity contribution < 1.29 is 48.7 Å². The summed E-state index contributed by atoms with van der Waals surface area (Å²) in [7, 11) is 3.05. The molecule has 3 aliphatic carbocycles. The largest absolute Gasteiger partial charge is 0.508 e. The Morgan fingerprint density at radius 1 is 1.15 bits per heavy atom. The highest BCUT2D eigenvalue weighted by Crippen LogP contribution is 2.54. The Labute approximate surface area is 263 Å². The zero-order valence-electron chi connectivity index (χ0n) is 25.2. The molecule has 2 amide bonds. The molecule has 4 aliphatic rings. The van der Waals surface area contributed by atoms with E-state index in [1.165, 1.54) is 43.3 Å². The number of rotatable bonds is 6. The van der Waals surface area contributed by atoms with Gasteiger partial charge in [0.05, 0.1) is 11.6 Å². The fourth-order valence-corrected chi connectivity index (χ4v) is 7.47. The summed E-state index contributed by atoms with van der Waals surface area (Å²) in [4.78, 5) is 53.9. The van der Waals surface area contributed by atoms with Crippen LogP contribution < -0.4 is 11.1 Å². The lowest BCUT2D eigenvalue weighted by Crippen LogP contribution is -2.65. The monoisotopic (exact) mass is 635 g/mol. The number of ketones is 2. The third-order valence-corrected chi connectivity index (χ3v) is 9.63. The Kier molecular flexibility index (Phi) is 7.74. The molecule has 1 saturated carbocycles. The zero-order valence-corrected chi connectivity index (χ0v) is 25.2. The number of halogens is 1. The molecule has 6 rings (SSSR count). The summed E-state index contributed by atoms with van der Waals surface area (Å²) >= 11 is 0. The highest BCUT2D eigenvalue weighted by atomic mass is 19.1. The molecule has 5 unspecified atom stereocenters. The maximum atomic E-state index is 14.2. The number of amides is 2. The number of Topliss-reactive ketones (excluding diaryl/α,β-unsaturated/α-hetero) is 2. The van der Waals surface area contributed by atoms with Gasteiger partial charge in [-0.25, -0.2) is 4.39 Å². The summed E-state index contributed by atoms with van der Waals surface area (Å²) in [5, 5.41) is 48.9. The zero-order chi connectivity index (χ0) is 33.2. The van der Waals surface area contributed by atoms with E-state index in [0.717, 1.165) is 6.42 Å². The molecule has 46 heavy (non-hydrogen) atoms. The molecule has 0 radical (unpaired) electrons. The number of carbonyl (C=O) groups is 4. The molecule has 5 atom stereocenters. The van der Waals surface area contributed by atoms with Crippen LogP contribution in [0.5, 0.6) is 5.75 Å². The Morgan fingerprint density at radius 3 is 2.46 bits per heavy atom. The first-order valence-electron chi connectivity index (χ1n) is 14.9. The number of nitrogens with zero attached hydrogens (tertiary/aromatic N) is 1. The molecule has 0 spiro atoms. The molecular weight excluding hydrogens is 601 g/mol. The predicted octanol–water partition coefficient (Wildman–Crippen LogP) is 1.57. The molecule has 7 N–H and O–H groups in total. The van der Waals surface area contributed by atoms with Gasteiger partial charge in [0.2, 0.25) is 11.7 Å². The number of aliphatic hydroxyl groups is 3. The fourth-order valence-electron chi connectivity index (χ4n) is 7.47. The number of aliphatic hydroxyl groups excluding tert-OH is 2. The van der Waals surface area contributed by atoms with Crippen molar-refractivity contribution in [2.75, 3.05) is 20.7 Å². The third kappa shape index (κ3) is 4.68. The van der Waals surface area contributed by atoms with Gasteiger partial charge >= 0.3 is 0 Å². The number of ether oxygens (including phenoxy) is 1. The van der Waals surface area contributed by atoms with Crippen LogP contribution in [0.4, 0.5) is 4.39 Å². The number of primary amides is 1. The van der Waals surface area contributed by atoms with Crippen molar-refractivity contribution in [3.63, 3.8) is 0 Å². The lowest BCUT2D eigenvalue weighted by Gasteiger charge is -2.50. The molecule has 12 nitrogen and oxygen atoms in total. The SMILES string of the molecule is CN(C)C1C(=O)C(C(N)=O)=C(O)C2(O)C(=O)C3=C(O)c4c(O)c(CNC(=O)C5CCCO5)cc(-c5ccc(F)cc5)c4CC3CC12. The van der Waals surface area contributed by atoms with Crippen LogP contribution >= 0.6 is 0 Å². The van der Waals surface area contributed by atoms with Gasteiger partial charge in [0.25, 0.3) is 5.91 Å². The number of nitrogens with one attached hydrogen (secondary N) is 1. The van der Waals surface area contributed by atoms with Gasteiger partial charge in [-0.3, -0.25) is 24.1 Å². The van der Waals surface area contributed by atoms with Gasteiger partial charge in [0.15, 0.2) is 11.4 Å². The minimum absolute atomic E-state index is 0.0529. The minimum Gasteiger partial charge on any atom is -0.508 e. The van der Waals surface area contributed by atoms with Crippen molar-refractivity contribution in [2.45, 2.75) is 50.0 Å². The molecule has 13 heteroatoms. The second kappa shape index (κ2) is 11.3. The molecule has 1 saturated heterocycles. The number of phenolic OH excluding ortho intramolecular Hbond substituents is 1. The number of nitrogens with two attached hydrogens (primary N) is 1. The summed E-state index contributed by atoms with van der Waals surface area (Å²) in [6.45, 7) is 0.284. The number of phenols is 1. The van der Waals surface area contributed by atoms with E-state index in [1.54, 1.807) is 6.07 Å². The average Bonchev–Trinajstić information content (AvgIpc) is 3.54. The van der Waals surface area contributed by atoms with E-state index < -0.39 is 75.7 Å². The summed E-state index contributed by atoms with van der Waals surface area (Å²) in [6, 6.07) is 5.96. The quantitative estimate of drug-likeness (QED) is 0.253. The first-order valence-corrected chi connectivity index (χ1v) is 14.9. The summed E-state index contributed by atoms with van der Waals surface area (Å²) < 4.78 is 19.3. The van der Waals surface area contributed by atoms with E-state index in [2.05, 4.69) is 5.32 Å². The summed E-state index contributed by atoms with van der Waals surface area (Å²) in [5.74, 6) is -8.44. The first kappa shape index (κ1) is 31.4. The second-order valence-electron chi connectivity index (χ2n) is 12.5. The molecular formula is C33H34FN3O9. The number of likely N-dealkylation sites (N-methyl/N-ethyl adjacent to an activating group) is 1. The van der Waals surface area contributed by atoms with Gasteiger partial charge in [-0.1, -0.05) is 12.1 Å². The molecule has 2 aromatic rings. The maximum Gasteiger partial charge on any atom is 0.255 e. The lowest BCUT2D eigenvalue weighted by molar-refractivity contribution is -0.153. The predicted molar refractivity (Wildman–Crippen MR) is 160 cm³/mol. The van der Waals surface area contributed by atoms with Gasteiger partial charge in [-0.15, -0.1) is 0 Å². The van der Waals surface area contributed by atoms with Crippen LogP contribution in [-0.4, -0.2) is 87.2 Å². The van der Waals surface area contributed by atoms with E-state index in [-0.39, 0.29) is 42.0 Å². The molecule has 1 heterocycles. The maximum absolute atomic E-state index is 14.2. The summed E-state index contributed by atoms with van der Waals surface area (Å²) in [5.41, 5.74) is 2.94. The van der Waals surface area contributed by atoms with Gasteiger partial charge in [-0.05, 0) is 80.6 Å². The first-order chi connectivity index (χ1) is 21.8. The molecule has 2 fully saturated rings. The second-order valence-corrected chi connectivity index (χ2v) is 12.5.